The number of rotatable bonds is 6. The van der Waals surface area contributed by atoms with Gasteiger partial charge in [-0.25, -0.2) is 4.98 Å². The van der Waals surface area contributed by atoms with Crippen LogP contribution in [0, 0.1) is 0 Å². The Kier molecular flexibility index (Phi) is 5.23. The summed E-state index contributed by atoms with van der Waals surface area (Å²) in [5.41, 5.74) is 2.61. The molecular weight excluding hydrogens is 394 g/mol. The lowest BCUT2D eigenvalue weighted by molar-refractivity contribution is -0.116. The van der Waals surface area contributed by atoms with Crippen LogP contribution in [0.2, 0.25) is 0 Å². The van der Waals surface area contributed by atoms with E-state index in [0.29, 0.717) is 11.7 Å². The number of hydrogen-bond donors (Lipinski definition) is 1. The Labute approximate surface area is 169 Å². The van der Waals surface area contributed by atoms with Gasteiger partial charge in [-0.05, 0) is 36.4 Å². The van der Waals surface area contributed by atoms with Crippen molar-refractivity contribution in [2.75, 3.05) is 12.4 Å². The molecule has 0 unspecified atom stereocenters. The molecule has 2 heterocycles. The van der Waals surface area contributed by atoms with E-state index in [1.165, 1.54) is 22.7 Å². The number of hydrogen-bond acceptors (Lipinski definition) is 6. The molecule has 28 heavy (non-hydrogen) atoms. The molecule has 4 rings (SSSR count). The Bertz CT molecular complexity index is 1180. The molecular formula is C20H17N3O3S2. The van der Waals surface area contributed by atoms with Crippen molar-refractivity contribution in [1.82, 2.24) is 9.55 Å². The standard InChI is InChI=1S/C20H17N3O3S2/c1-26-14-8-6-13(7-9-14)15-12-27-19(21-15)22-18(24)10-11-23-16-4-2-3-5-17(16)28-20(23)25/h2-9,12H,10-11H2,1H3,(H,21,22,24). The number of para-hydroxylation sites is 1. The molecule has 0 aliphatic rings. The largest absolute Gasteiger partial charge is 0.497 e. The maximum Gasteiger partial charge on any atom is 0.308 e. The highest BCUT2D eigenvalue weighted by Crippen LogP contribution is 2.26. The van der Waals surface area contributed by atoms with Crippen LogP contribution in [0.3, 0.4) is 0 Å². The number of nitrogens with zero attached hydrogens (tertiary/aromatic N) is 2. The summed E-state index contributed by atoms with van der Waals surface area (Å²) in [5, 5.41) is 5.25. The van der Waals surface area contributed by atoms with Crippen LogP contribution in [-0.4, -0.2) is 22.6 Å². The van der Waals surface area contributed by atoms with Crippen LogP contribution in [-0.2, 0) is 11.3 Å². The summed E-state index contributed by atoms with van der Waals surface area (Å²) in [5.74, 6) is 0.613. The zero-order valence-corrected chi connectivity index (χ0v) is 16.7. The van der Waals surface area contributed by atoms with Gasteiger partial charge in [-0.2, -0.15) is 0 Å². The van der Waals surface area contributed by atoms with Gasteiger partial charge in [0.05, 0.1) is 23.0 Å². The molecule has 8 heteroatoms. The Morgan fingerprint density at radius 2 is 1.96 bits per heavy atom. The van der Waals surface area contributed by atoms with Crippen molar-refractivity contribution in [3.8, 4) is 17.0 Å². The number of aromatic nitrogens is 2. The molecule has 6 nitrogen and oxygen atoms in total. The van der Waals surface area contributed by atoms with Gasteiger partial charge in [0.25, 0.3) is 0 Å². The molecule has 0 aliphatic heterocycles. The van der Waals surface area contributed by atoms with Crippen LogP contribution in [0.25, 0.3) is 21.5 Å². The Balaban J connectivity index is 1.40. The monoisotopic (exact) mass is 411 g/mol. The number of carbonyl (C=O) groups excluding carboxylic acids is 1. The molecule has 2 aromatic carbocycles. The smallest absolute Gasteiger partial charge is 0.308 e. The molecule has 1 amide bonds. The number of ether oxygens (including phenoxy) is 1. The highest BCUT2D eigenvalue weighted by Gasteiger charge is 2.11. The number of nitrogens with one attached hydrogen (secondary N) is 1. The average Bonchev–Trinajstić information content (AvgIpc) is 3.30. The summed E-state index contributed by atoms with van der Waals surface area (Å²) in [6, 6.07) is 15.2. The lowest BCUT2D eigenvalue weighted by Crippen LogP contribution is -2.19. The maximum atomic E-state index is 12.3. The number of aryl methyl sites for hydroxylation is 1. The lowest BCUT2D eigenvalue weighted by Gasteiger charge is -2.04. The van der Waals surface area contributed by atoms with Gasteiger partial charge in [-0.3, -0.25) is 14.2 Å². The van der Waals surface area contributed by atoms with Crippen molar-refractivity contribution >= 4 is 43.9 Å². The molecule has 0 aliphatic carbocycles. The number of methoxy groups -OCH3 is 1. The predicted molar refractivity (Wildman–Crippen MR) is 113 cm³/mol. The van der Waals surface area contributed by atoms with Crippen molar-refractivity contribution in [2.45, 2.75) is 13.0 Å². The summed E-state index contributed by atoms with van der Waals surface area (Å²) in [7, 11) is 1.62. The summed E-state index contributed by atoms with van der Waals surface area (Å²) < 4.78 is 7.73. The molecule has 0 fully saturated rings. The van der Waals surface area contributed by atoms with Gasteiger partial charge in [0.1, 0.15) is 5.75 Å². The normalized spacial score (nSPS) is 10.9. The van der Waals surface area contributed by atoms with Crippen molar-refractivity contribution in [3.63, 3.8) is 0 Å². The molecule has 0 saturated carbocycles. The first kappa shape index (κ1) is 18.4. The number of benzene rings is 2. The Morgan fingerprint density at radius 1 is 1.18 bits per heavy atom. The zero-order chi connectivity index (χ0) is 19.5. The highest BCUT2D eigenvalue weighted by atomic mass is 32.1. The minimum atomic E-state index is -0.169. The third kappa shape index (κ3) is 3.83. The van der Waals surface area contributed by atoms with Gasteiger partial charge in [-0.1, -0.05) is 23.5 Å². The maximum absolute atomic E-state index is 12.3. The summed E-state index contributed by atoms with van der Waals surface area (Å²) in [4.78, 5) is 28.9. The van der Waals surface area contributed by atoms with Gasteiger partial charge in [0, 0.05) is 23.9 Å². The summed E-state index contributed by atoms with van der Waals surface area (Å²) in [6.45, 7) is 0.339. The zero-order valence-electron chi connectivity index (χ0n) is 15.0. The van der Waals surface area contributed by atoms with E-state index in [1.54, 1.807) is 11.7 Å². The van der Waals surface area contributed by atoms with Gasteiger partial charge in [0.2, 0.25) is 5.91 Å². The van der Waals surface area contributed by atoms with Crippen molar-refractivity contribution in [2.24, 2.45) is 0 Å². The van der Waals surface area contributed by atoms with Crippen molar-refractivity contribution in [1.29, 1.82) is 0 Å². The lowest BCUT2D eigenvalue weighted by atomic mass is 10.2. The molecule has 1 N–H and O–H groups in total. The number of thiazole rings is 2. The fourth-order valence-corrected chi connectivity index (χ4v) is 4.50. The topological polar surface area (TPSA) is 73.2 Å². The van der Waals surface area contributed by atoms with E-state index in [-0.39, 0.29) is 17.2 Å². The highest BCUT2D eigenvalue weighted by molar-refractivity contribution is 7.16. The van der Waals surface area contributed by atoms with Gasteiger partial charge < -0.3 is 10.1 Å². The first-order valence-corrected chi connectivity index (χ1v) is 10.3. The van der Waals surface area contributed by atoms with E-state index >= 15 is 0 Å². The van der Waals surface area contributed by atoms with Gasteiger partial charge >= 0.3 is 4.87 Å². The average molecular weight is 412 g/mol. The third-order valence-electron chi connectivity index (χ3n) is 4.27. The second kappa shape index (κ2) is 7.95. The second-order valence-corrected chi connectivity index (χ2v) is 7.90. The van der Waals surface area contributed by atoms with E-state index in [9.17, 15) is 9.59 Å². The Hall–Kier alpha value is -2.97. The number of fused-ring (bicyclic) bond motifs is 1. The quantitative estimate of drug-likeness (QED) is 0.515. The van der Waals surface area contributed by atoms with E-state index < -0.39 is 0 Å². The number of carbonyl (C=O) groups is 1. The molecule has 2 aromatic heterocycles. The molecule has 0 radical (unpaired) electrons. The van der Waals surface area contributed by atoms with E-state index in [0.717, 1.165) is 27.2 Å². The number of amides is 1. The minimum absolute atomic E-state index is 0.0509. The van der Waals surface area contributed by atoms with E-state index in [2.05, 4.69) is 10.3 Å². The fraction of sp³-hybridized carbons (Fsp3) is 0.150. The first-order chi connectivity index (χ1) is 13.6. The van der Waals surface area contributed by atoms with Crippen LogP contribution in [0.5, 0.6) is 5.75 Å². The Morgan fingerprint density at radius 3 is 2.75 bits per heavy atom. The summed E-state index contributed by atoms with van der Waals surface area (Å²) in [6.07, 6.45) is 0.206. The van der Waals surface area contributed by atoms with E-state index in [1.807, 2.05) is 53.9 Å². The van der Waals surface area contributed by atoms with Crippen LogP contribution in [0.15, 0.2) is 58.7 Å². The van der Waals surface area contributed by atoms with Crippen molar-refractivity contribution < 1.29 is 9.53 Å². The SMILES string of the molecule is COc1ccc(-c2csc(NC(=O)CCn3c(=O)sc4ccccc43)n2)cc1. The predicted octanol–water partition coefficient (Wildman–Crippen LogP) is 4.22. The molecule has 0 atom stereocenters. The molecule has 0 saturated heterocycles. The second-order valence-electron chi connectivity index (χ2n) is 6.05. The first-order valence-electron chi connectivity index (χ1n) is 8.62. The fourth-order valence-electron chi connectivity index (χ4n) is 2.85. The van der Waals surface area contributed by atoms with Crippen LogP contribution >= 0.6 is 22.7 Å². The van der Waals surface area contributed by atoms with Crippen LogP contribution in [0.1, 0.15) is 6.42 Å². The van der Waals surface area contributed by atoms with Gasteiger partial charge in [0.15, 0.2) is 5.13 Å². The molecule has 4 aromatic rings. The molecule has 0 spiro atoms. The number of anilines is 1. The molecule has 0 bridgehead atoms. The third-order valence-corrected chi connectivity index (χ3v) is 5.99. The minimum Gasteiger partial charge on any atom is -0.497 e. The molecule has 142 valence electrons. The van der Waals surface area contributed by atoms with Crippen LogP contribution in [0.4, 0.5) is 5.13 Å². The van der Waals surface area contributed by atoms with Crippen molar-refractivity contribution in [3.05, 3.63) is 63.6 Å². The van der Waals surface area contributed by atoms with Gasteiger partial charge in [-0.15, -0.1) is 11.3 Å². The summed E-state index contributed by atoms with van der Waals surface area (Å²) >= 11 is 2.57. The van der Waals surface area contributed by atoms with Crippen LogP contribution < -0.4 is 14.9 Å². The van der Waals surface area contributed by atoms with E-state index in [4.69, 9.17) is 4.74 Å².